The van der Waals surface area contributed by atoms with Crippen molar-refractivity contribution < 1.29 is 0 Å². The molecule has 0 amide bonds. The largest absolute Gasteiger partial charge is 0.308 e. The predicted molar refractivity (Wildman–Crippen MR) is 65.0 cm³/mol. The molecule has 0 bridgehead atoms. The SMILES string of the molecule is CN(C)[C@H]1C[C@@H]2CC2C[C@@H]1NC(C)(C)C. The molecule has 2 aliphatic rings. The molecule has 0 radical (unpaired) electrons. The van der Waals surface area contributed by atoms with Crippen LogP contribution in [0, 0.1) is 11.8 Å². The van der Waals surface area contributed by atoms with Crippen LogP contribution in [0.15, 0.2) is 0 Å². The maximum absolute atomic E-state index is 3.80. The zero-order valence-corrected chi connectivity index (χ0v) is 10.9. The van der Waals surface area contributed by atoms with Gasteiger partial charge in [-0.2, -0.15) is 0 Å². The maximum Gasteiger partial charge on any atom is 0.0246 e. The van der Waals surface area contributed by atoms with Crippen molar-refractivity contribution in [2.75, 3.05) is 14.1 Å². The van der Waals surface area contributed by atoms with E-state index in [0.29, 0.717) is 6.04 Å². The molecule has 2 heteroatoms. The average Bonchev–Trinajstić information content (AvgIpc) is 2.76. The van der Waals surface area contributed by atoms with Gasteiger partial charge in [-0.05, 0) is 66.0 Å². The second-order valence-electron chi connectivity index (χ2n) is 6.76. The molecule has 0 aromatic carbocycles. The monoisotopic (exact) mass is 210 g/mol. The molecule has 0 saturated heterocycles. The molecule has 1 N–H and O–H groups in total. The predicted octanol–water partition coefficient (Wildman–Crippen LogP) is 2.10. The van der Waals surface area contributed by atoms with Gasteiger partial charge < -0.3 is 10.2 Å². The van der Waals surface area contributed by atoms with Crippen molar-refractivity contribution in [3.63, 3.8) is 0 Å². The van der Waals surface area contributed by atoms with Gasteiger partial charge in [-0.1, -0.05) is 0 Å². The summed E-state index contributed by atoms with van der Waals surface area (Å²) in [7, 11) is 4.45. The molecule has 2 nitrogen and oxygen atoms in total. The van der Waals surface area contributed by atoms with Crippen molar-refractivity contribution in [1.29, 1.82) is 0 Å². The molecule has 0 spiro atoms. The van der Waals surface area contributed by atoms with E-state index in [4.69, 9.17) is 0 Å². The minimum absolute atomic E-state index is 0.251. The van der Waals surface area contributed by atoms with Crippen LogP contribution in [0.4, 0.5) is 0 Å². The second-order valence-corrected chi connectivity index (χ2v) is 6.76. The highest BCUT2D eigenvalue weighted by Crippen LogP contribution is 2.50. The van der Waals surface area contributed by atoms with Crippen LogP contribution in [0.2, 0.25) is 0 Å². The molecule has 2 fully saturated rings. The van der Waals surface area contributed by atoms with Gasteiger partial charge in [-0.3, -0.25) is 0 Å². The van der Waals surface area contributed by atoms with Crippen LogP contribution >= 0.6 is 0 Å². The van der Waals surface area contributed by atoms with E-state index in [1.807, 2.05) is 0 Å². The Kier molecular flexibility index (Phi) is 2.85. The highest BCUT2D eigenvalue weighted by Gasteiger charge is 2.47. The Hall–Kier alpha value is -0.0800. The van der Waals surface area contributed by atoms with E-state index in [1.165, 1.54) is 19.3 Å². The third kappa shape index (κ3) is 2.73. The molecule has 2 saturated carbocycles. The molecule has 0 aliphatic heterocycles. The normalized spacial score (nSPS) is 40.4. The molecule has 2 aliphatic carbocycles. The molecule has 0 heterocycles. The summed E-state index contributed by atoms with van der Waals surface area (Å²) in [6.45, 7) is 6.83. The summed E-state index contributed by atoms with van der Waals surface area (Å²) in [5, 5.41) is 3.80. The smallest absolute Gasteiger partial charge is 0.0246 e. The number of fused-ring (bicyclic) bond motifs is 1. The van der Waals surface area contributed by atoms with Crippen LogP contribution in [-0.4, -0.2) is 36.6 Å². The fourth-order valence-electron chi connectivity index (χ4n) is 3.13. The van der Waals surface area contributed by atoms with Gasteiger partial charge in [-0.25, -0.2) is 0 Å². The van der Waals surface area contributed by atoms with Gasteiger partial charge >= 0.3 is 0 Å². The van der Waals surface area contributed by atoms with Crippen LogP contribution in [0.1, 0.15) is 40.0 Å². The van der Waals surface area contributed by atoms with E-state index in [2.05, 4.69) is 45.1 Å². The quantitative estimate of drug-likeness (QED) is 0.751. The summed E-state index contributed by atoms with van der Waals surface area (Å²) >= 11 is 0. The second kappa shape index (κ2) is 3.74. The molecular weight excluding hydrogens is 184 g/mol. The van der Waals surface area contributed by atoms with Gasteiger partial charge in [0.2, 0.25) is 0 Å². The molecular formula is C13H26N2. The molecule has 15 heavy (non-hydrogen) atoms. The fourth-order valence-corrected chi connectivity index (χ4v) is 3.13. The van der Waals surface area contributed by atoms with Crippen LogP contribution < -0.4 is 5.32 Å². The summed E-state index contributed by atoms with van der Waals surface area (Å²) < 4.78 is 0. The third-order valence-corrected chi connectivity index (χ3v) is 3.92. The highest BCUT2D eigenvalue weighted by atomic mass is 15.2. The first-order chi connectivity index (χ1) is 6.87. The zero-order valence-electron chi connectivity index (χ0n) is 10.9. The Morgan fingerprint density at radius 3 is 2.13 bits per heavy atom. The van der Waals surface area contributed by atoms with Gasteiger partial charge in [0.05, 0.1) is 0 Å². The number of nitrogens with one attached hydrogen (secondary N) is 1. The van der Waals surface area contributed by atoms with Crippen LogP contribution in [0.5, 0.6) is 0 Å². The summed E-state index contributed by atoms with van der Waals surface area (Å²) in [5.74, 6) is 2.09. The standard InChI is InChI=1S/C13H26N2/c1-13(2,3)14-11-7-9-6-10(9)8-12(11)15(4)5/h9-12,14H,6-8H2,1-5H3/t9?,10-,11-,12-/m0/s1. The van der Waals surface area contributed by atoms with Crippen molar-refractivity contribution in [1.82, 2.24) is 10.2 Å². The van der Waals surface area contributed by atoms with Crippen molar-refractivity contribution >= 4 is 0 Å². The average molecular weight is 210 g/mol. The van der Waals surface area contributed by atoms with Crippen LogP contribution in [0.25, 0.3) is 0 Å². The summed E-state index contributed by atoms with van der Waals surface area (Å²) in [5.41, 5.74) is 0.251. The molecule has 2 rings (SSSR count). The van der Waals surface area contributed by atoms with Gasteiger partial charge in [-0.15, -0.1) is 0 Å². The molecule has 0 aromatic rings. The van der Waals surface area contributed by atoms with Crippen LogP contribution in [0.3, 0.4) is 0 Å². The van der Waals surface area contributed by atoms with E-state index in [1.54, 1.807) is 0 Å². The molecule has 0 aromatic heterocycles. The van der Waals surface area contributed by atoms with Gasteiger partial charge in [0, 0.05) is 17.6 Å². The van der Waals surface area contributed by atoms with Gasteiger partial charge in [0.1, 0.15) is 0 Å². The van der Waals surface area contributed by atoms with Crippen molar-refractivity contribution in [3.8, 4) is 0 Å². The minimum Gasteiger partial charge on any atom is -0.308 e. The van der Waals surface area contributed by atoms with E-state index >= 15 is 0 Å². The Morgan fingerprint density at radius 1 is 1.00 bits per heavy atom. The van der Waals surface area contributed by atoms with Gasteiger partial charge in [0.25, 0.3) is 0 Å². The zero-order chi connectivity index (χ0) is 11.2. The molecule has 1 unspecified atom stereocenters. The lowest BCUT2D eigenvalue weighted by molar-refractivity contribution is 0.150. The van der Waals surface area contributed by atoms with E-state index in [-0.39, 0.29) is 5.54 Å². The summed E-state index contributed by atoms with van der Waals surface area (Å²) in [4.78, 5) is 2.41. The summed E-state index contributed by atoms with van der Waals surface area (Å²) in [6.07, 6.45) is 4.29. The van der Waals surface area contributed by atoms with E-state index < -0.39 is 0 Å². The number of hydrogen-bond donors (Lipinski definition) is 1. The van der Waals surface area contributed by atoms with Crippen molar-refractivity contribution in [3.05, 3.63) is 0 Å². The van der Waals surface area contributed by atoms with Crippen molar-refractivity contribution in [2.24, 2.45) is 11.8 Å². The number of rotatable bonds is 2. The topological polar surface area (TPSA) is 15.3 Å². The fraction of sp³-hybridized carbons (Fsp3) is 1.00. The number of likely N-dealkylation sites (N-methyl/N-ethyl adjacent to an activating group) is 1. The van der Waals surface area contributed by atoms with E-state index in [0.717, 1.165) is 17.9 Å². The number of nitrogens with zero attached hydrogens (tertiary/aromatic N) is 1. The lowest BCUT2D eigenvalue weighted by Gasteiger charge is -2.40. The maximum atomic E-state index is 3.80. The first-order valence-electron chi connectivity index (χ1n) is 6.31. The Bertz CT molecular complexity index is 229. The van der Waals surface area contributed by atoms with Gasteiger partial charge in [0.15, 0.2) is 0 Å². The van der Waals surface area contributed by atoms with Crippen molar-refractivity contribution in [2.45, 2.75) is 57.7 Å². The lowest BCUT2D eigenvalue weighted by Crippen LogP contribution is -2.55. The molecule has 88 valence electrons. The Labute approximate surface area is 94.4 Å². The number of hydrogen-bond acceptors (Lipinski definition) is 2. The molecule has 4 atom stereocenters. The first-order valence-corrected chi connectivity index (χ1v) is 6.31. The van der Waals surface area contributed by atoms with E-state index in [9.17, 15) is 0 Å². The lowest BCUT2D eigenvalue weighted by atomic mass is 9.88. The Morgan fingerprint density at radius 2 is 1.60 bits per heavy atom. The minimum atomic E-state index is 0.251. The summed E-state index contributed by atoms with van der Waals surface area (Å²) in [6, 6.07) is 1.44. The van der Waals surface area contributed by atoms with Crippen LogP contribution in [-0.2, 0) is 0 Å². The Balaban J connectivity index is 1.99. The third-order valence-electron chi connectivity index (χ3n) is 3.92. The first kappa shape index (κ1) is 11.4. The highest BCUT2D eigenvalue weighted by molar-refractivity contribution is 5.02.